The van der Waals surface area contributed by atoms with E-state index < -0.39 is 0 Å². The fourth-order valence-corrected chi connectivity index (χ4v) is 2.29. The third-order valence-corrected chi connectivity index (χ3v) is 3.35. The van der Waals surface area contributed by atoms with E-state index in [-0.39, 0.29) is 5.91 Å². The molecule has 0 saturated carbocycles. The highest BCUT2D eigenvalue weighted by Gasteiger charge is 2.15. The van der Waals surface area contributed by atoms with Gasteiger partial charge in [0.1, 0.15) is 0 Å². The van der Waals surface area contributed by atoms with Crippen LogP contribution in [0.25, 0.3) is 10.9 Å². The Labute approximate surface area is 123 Å². The second-order valence-electron chi connectivity index (χ2n) is 4.86. The standard InChI is InChI=1S/C17H15N3O/c1-20(12-13-6-4-5-10-18-13)17(21)15-9-11-19-16-8-3-2-7-14(15)16/h2-11H,12H2,1H3. The number of carbonyl (C=O) groups excluding carboxylic acids is 1. The van der Waals surface area contributed by atoms with E-state index in [4.69, 9.17) is 0 Å². The summed E-state index contributed by atoms with van der Waals surface area (Å²) in [4.78, 5) is 22.8. The molecule has 0 radical (unpaired) electrons. The molecule has 3 aromatic rings. The molecule has 0 aliphatic heterocycles. The lowest BCUT2D eigenvalue weighted by molar-refractivity contribution is 0.0785. The van der Waals surface area contributed by atoms with Crippen LogP contribution in [0.1, 0.15) is 16.1 Å². The van der Waals surface area contributed by atoms with Gasteiger partial charge in [-0.3, -0.25) is 14.8 Å². The van der Waals surface area contributed by atoms with Crippen LogP contribution >= 0.6 is 0 Å². The van der Waals surface area contributed by atoms with Gasteiger partial charge >= 0.3 is 0 Å². The number of para-hydroxylation sites is 1. The van der Waals surface area contributed by atoms with Crippen molar-refractivity contribution >= 4 is 16.8 Å². The first-order valence-electron chi connectivity index (χ1n) is 6.75. The zero-order valence-corrected chi connectivity index (χ0v) is 11.7. The maximum Gasteiger partial charge on any atom is 0.254 e. The average molecular weight is 277 g/mol. The van der Waals surface area contributed by atoms with Crippen LogP contribution in [-0.4, -0.2) is 27.8 Å². The Kier molecular flexibility index (Phi) is 3.60. The van der Waals surface area contributed by atoms with Crippen LogP contribution in [0, 0.1) is 0 Å². The summed E-state index contributed by atoms with van der Waals surface area (Å²) < 4.78 is 0. The van der Waals surface area contributed by atoms with Gasteiger partial charge in [0.2, 0.25) is 0 Å². The topological polar surface area (TPSA) is 46.1 Å². The number of rotatable bonds is 3. The van der Waals surface area contributed by atoms with E-state index in [2.05, 4.69) is 9.97 Å². The molecule has 0 fully saturated rings. The number of pyridine rings is 2. The lowest BCUT2D eigenvalue weighted by Crippen LogP contribution is -2.26. The van der Waals surface area contributed by atoms with Crippen LogP contribution in [0.4, 0.5) is 0 Å². The summed E-state index contributed by atoms with van der Waals surface area (Å²) >= 11 is 0. The summed E-state index contributed by atoms with van der Waals surface area (Å²) in [6.07, 6.45) is 3.40. The molecule has 1 amide bonds. The number of amides is 1. The number of benzene rings is 1. The van der Waals surface area contributed by atoms with Crippen LogP contribution in [0.5, 0.6) is 0 Å². The van der Waals surface area contributed by atoms with Crippen molar-refractivity contribution in [3.63, 3.8) is 0 Å². The highest BCUT2D eigenvalue weighted by Crippen LogP contribution is 2.18. The van der Waals surface area contributed by atoms with Crippen LogP contribution in [0.3, 0.4) is 0 Å². The first-order chi connectivity index (χ1) is 10.3. The molecule has 0 aliphatic carbocycles. The summed E-state index contributed by atoms with van der Waals surface area (Å²) in [5.41, 5.74) is 2.36. The minimum absolute atomic E-state index is 0.0285. The highest BCUT2D eigenvalue weighted by molar-refractivity contribution is 6.05. The second kappa shape index (κ2) is 5.71. The average Bonchev–Trinajstić information content (AvgIpc) is 2.54. The summed E-state index contributed by atoms with van der Waals surface area (Å²) in [6.45, 7) is 0.482. The van der Waals surface area contributed by atoms with Gasteiger partial charge in [-0.15, -0.1) is 0 Å². The Morgan fingerprint density at radius 3 is 2.62 bits per heavy atom. The third kappa shape index (κ3) is 2.74. The molecule has 2 heterocycles. The predicted octanol–water partition coefficient (Wildman–Crippen LogP) is 2.90. The normalized spacial score (nSPS) is 10.5. The van der Waals surface area contributed by atoms with Crippen molar-refractivity contribution in [2.24, 2.45) is 0 Å². The van der Waals surface area contributed by atoms with E-state index in [9.17, 15) is 4.79 Å². The van der Waals surface area contributed by atoms with Crippen LogP contribution in [0.2, 0.25) is 0 Å². The maximum atomic E-state index is 12.6. The fraction of sp³-hybridized carbons (Fsp3) is 0.118. The molecule has 0 aliphatic rings. The summed E-state index contributed by atoms with van der Waals surface area (Å²) in [5.74, 6) is -0.0285. The minimum Gasteiger partial charge on any atom is -0.336 e. The van der Waals surface area contributed by atoms with Crippen LogP contribution < -0.4 is 0 Å². The third-order valence-electron chi connectivity index (χ3n) is 3.35. The molecule has 3 rings (SSSR count). The van der Waals surface area contributed by atoms with Crippen molar-refractivity contribution in [2.45, 2.75) is 6.54 Å². The van der Waals surface area contributed by atoms with E-state index in [1.54, 1.807) is 30.4 Å². The number of fused-ring (bicyclic) bond motifs is 1. The molecule has 0 bridgehead atoms. The van der Waals surface area contributed by atoms with Crippen molar-refractivity contribution in [2.75, 3.05) is 7.05 Å². The lowest BCUT2D eigenvalue weighted by Gasteiger charge is -2.17. The van der Waals surface area contributed by atoms with Crippen molar-refractivity contribution in [3.8, 4) is 0 Å². The van der Waals surface area contributed by atoms with Gasteiger partial charge in [0, 0.05) is 24.8 Å². The van der Waals surface area contributed by atoms with Crippen molar-refractivity contribution < 1.29 is 4.79 Å². The van der Waals surface area contributed by atoms with E-state index >= 15 is 0 Å². The molecule has 0 saturated heterocycles. The van der Waals surface area contributed by atoms with Gasteiger partial charge in [-0.05, 0) is 24.3 Å². The molecule has 0 spiro atoms. The van der Waals surface area contributed by atoms with Crippen molar-refractivity contribution in [1.29, 1.82) is 0 Å². The van der Waals surface area contributed by atoms with Gasteiger partial charge in [0.05, 0.1) is 23.3 Å². The molecule has 4 heteroatoms. The number of hydrogen-bond acceptors (Lipinski definition) is 3. The largest absolute Gasteiger partial charge is 0.336 e. The highest BCUT2D eigenvalue weighted by atomic mass is 16.2. The molecule has 2 aromatic heterocycles. The van der Waals surface area contributed by atoms with Gasteiger partial charge < -0.3 is 4.90 Å². The number of aromatic nitrogens is 2. The van der Waals surface area contributed by atoms with Gasteiger partial charge in [0.15, 0.2) is 0 Å². The van der Waals surface area contributed by atoms with Gasteiger partial charge in [-0.2, -0.15) is 0 Å². The quantitative estimate of drug-likeness (QED) is 0.739. The Balaban J connectivity index is 1.90. The summed E-state index contributed by atoms with van der Waals surface area (Å²) in [7, 11) is 1.78. The van der Waals surface area contributed by atoms with Crippen molar-refractivity contribution in [3.05, 3.63) is 72.2 Å². The Morgan fingerprint density at radius 1 is 1.00 bits per heavy atom. The second-order valence-corrected chi connectivity index (χ2v) is 4.86. The first-order valence-corrected chi connectivity index (χ1v) is 6.75. The summed E-state index contributed by atoms with van der Waals surface area (Å²) in [5, 5.41) is 0.873. The van der Waals surface area contributed by atoms with E-state index in [1.165, 1.54) is 0 Å². The number of carbonyl (C=O) groups is 1. The molecule has 4 nitrogen and oxygen atoms in total. The number of nitrogens with zero attached hydrogens (tertiary/aromatic N) is 3. The zero-order valence-electron chi connectivity index (χ0n) is 11.7. The Morgan fingerprint density at radius 2 is 1.81 bits per heavy atom. The molecule has 0 unspecified atom stereocenters. The van der Waals surface area contributed by atoms with E-state index in [1.807, 2.05) is 42.5 Å². The predicted molar refractivity (Wildman–Crippen MR) is 81.8 cm³/mol. The molecular formula is C17H15N3O. The van der Waals surface area contributed by atoms with Crippen LogP contribution in [0.15, 0.2) is 60.9 Å². The smallest absolute Gasteiger partial charge is 0.254 e. The fourth-order valence-electron chi connectivity index (χ4n) is 2.29. The van der Waals surface area contributed by atoms with E-state index in [0.717, 1.165) is 16.6 Å². The Bertz CT molecular complexity index is 766. The SMILES string of the molecule is CN(Cc1ccccn1)C(=O)c1ccnc2ccccc12. The summed E-state index contributed by atoms with van der Waals surface area (Å²) in [6, 6.07) is 15.1. The molecule has 0 N–H and O–H groups in total. The maximum absolute atomic E-state index is 12.6. The molecule has 0 atom stereocenters. The minimum atomic E-state index is -0.0285. The van der Waals surface area contributed by atoms with Gasteiger partial charge in [-0.1, -0.05) is 24.3 Å². The zero-order chi connectivity index (χ0) is 14.7. The van der Waals surface area contributed by atoms with Gasteiger partial charge in [-0.25, -0.2) is 0 Å². The van der Waals surface area contributed by atoms with Crippen molar-refractivity contribution in [1.82, 2.24) is 14.9 Å². The molecule has 21 heavy (non-hydrogen) atoms. The van der Waals surface area contributed by atoms with Crippen LogP contribution in [-0.2, 0) is 6.54 Å². The molecule has 1 aromatic carbocycles. The monoisotopic (exact) mass is 277 g/mol. The lowest BCUT2D eigenvalue weighted by atomic mass is 10.1. The van der Waals surface area contributed by atoms with E-state index in [0.29, 0.717) is 12.1 Å². The number of hydrogen-bond donors (Lipinski definition) is 0. The molecular weight excluding hydrogens is 262 g/mol. The Hall–Kier alpha value is -2.75. The van der Waals surface area contributed by atoms with Gasteiger partial charge in [0.25, 0.3) is 5.91 Å². The molecule has 104 valence electrons. The first kappa shape index (κ1) is 13.2.